The van der Waals surface area contributed by atoms with Gasteiger partial charge in [0.15, 0.2) is 0 Å². The van der Waals surface area contributed by atoms with Crippen LogP contribution in [0.15, 0.2) is 0 Å². The third-order valence-corrected chi connectivity index (χ3v) is 2.59. The van der Waals surface area contributed by atoms with E-state index in [0.29, 0.717) is 0 Å². The van der Waals surface area contributed by atoms with Gasteiger partial charge in [-0.2, -0.15) is 0 Å². The number of rotatable bonds is 5. The lowest BCUT2D eigenvalue weighted by molar-refractivity contribution is -0.167. The zero-order chi connectivity index (χ0) is 12.1. The maximum absolute atomic E-state index is 11.7. The monoisotopic (exact) mass is 216 g/mol. The molecule has 0 heterocycles. The Hall–Kier alpha value is -1.39. The van der Waals surface area contributed by atoms with Crippen molar-refractivity contribution < 1.29 is 23.9 Å². The second-order valence-corrected chi connectivity index (χ2v) is 3.10. The van der Waals surface area contributed by atoms with Gasteiger partial charge < -0.3 is 9.47 Å². The smallest absolute Gasteiger partial charge is 0.375 e. The van der Waals surface area contributed by atoms with Crippen LogP contribution >= 0.6 is 0 Å². The maximum Gasteiger partial charge on any atom is 0.375 e. The van der Waals surface area contributed by atoms with E-state index in [9.17, 15) is 14.4 Å². The normalized spacial score (nSPS) is 10.7. The van der Waals surface area contributed by atoms with Gasteiger partial charge in [0.1, 0.15) is 5.41 Å². The summed E-state index contributed by atoms with van der Waals surface area (Å²) in [6.07, 6.45) is 0.425. The maximum atomic E-state index is 11.7. The second kappa shape index (κ2) is 5.48. The number of carbonyl (C=O) groups excluding carboxylic acids is 3. The van der Waals surface area contributed by atoms with Crippen LogP contribution in [0.2, 0.25) is 0 Å². The lowest BCUT2D eigenvalue weighted by atomic mass is 9.78. The van der Waals surface area contributed by atoms with Gasteiger partial charge in [-0.15, -0.1) is 0 Å². The first-order valence-corrected chi connectivity index (χ1v) is 4.71. The Labute approximate surface area is 88.7 Å². The molecule has 0 saturated carbocycles. The topological polar surface area (TPSA) is 69.7 Å². The van der Waals surface area contributed by atoms with Crippen molar-refractivity contribution >= 4 is 17.7 Å². The molecule has 0 fully saturated rings. The van der Waals surface area contributed by atoms with Crippen molar-refractivity contribution in [1.82, 2.24) is 0 Å². The molecule has 0 aliphatic carbocycles. The third kappa shape index (κ3) is 2.34. The van der Waals surface area contributed by atoms with E-state index in [1.54, 1.807) is 13.8 Å². The summed E-state index contributed by atoms with van der Waals surface area (Å²) in [5.41, 5.74) is -1.40. The average molecular weight is 216 g/mol. The molecule has 0 radical (unpaired) electrons. The predicted octanol–water partition coefficient (Wildman–Crippen LogP) is 0.708. The minimum atomic E-state index is -1.40. The minimum Gasteiger partial charge on any atom is -0.468 e. The lowest BCUT2D eigenvalue weighted by Gasteiger charge is -2.25. The summed E-state index contributed by atoms with van der Waals surface area (Å²) in [4.78, 5) is 34.3. The van der Waals surface area contributed by atoms with E-state index in [-0.39, 0.29) is 12.8 Å². The Morgan fingerprint density at radius 3 is 1.73 bits per heavy atom. The molecule has 0 bridgehead atoms. The molecule has 0 N–H and O–H groups in total. The van der Waals surface area contributed by atoms with E-state index >= 15 is 0 Å². The molecule has 0 aliphatic rings. The number of ether oxygens (including phenoxy) is 2. The number of Topliss-reactive ketones (excluding diaryl/α,β-unsaturated/α-hetero) is 1. The van der Waals surface area contributed by atoms with Gasteiger partial charge in [-0.3, -0.25) is 9.59 Å². The van der Waals surface area contributed by atoms with Gasteiger partial charge in [-0.05, 0) is 12.8 Å². The minimum absolute atomic E-state index is 0.212. The van der Waals surface area contributed by atoms with Gasteiger partial charge in [0.2, 0.25) is 0 Å². The summed E-state index contributed by atoms with van der Waals surface area (Å²) in [5.74, 6) is -2.55. The van der Waals surface area contributed by atoms with Gasteiger partial charge in [0, 0.05) is 0 Å². The third-order valence-electron chi connectivity index (χ3n) is 2.59. The van der Waals surface area contributed by atoms with E-state index in [4.69, 9.17) is 0 Å². The zero-order valence-electron chi connectivity index (χ0n) is 9.46. The summed E-state index contributed by atoms with van der Waals surface area (Å²) in [5, 5.41) is 0. The van der Waals surface area contributed by atoms with Gasteiger partial charge in [-0.25, -0.2) is 4.79 Å². The van der Waals surface area contributed by atoms with E-state index in [0.717, 1.165) is 7.11 Å². The number of hydrogen-bond donors (Lipinski definition) is 0. The SMILES string of the molecule is CCC(CC)(C(=O)OC)C(=O)C(=O)OC. The number of hydrogen-bond acceptors (Lipinski definition) is 5. The van der Waals surface area contributed by atoms with Gasteiger partial charge in [0.25, 0.3) is 5.78 Å². The number of ketones is 1. The highest BCUT2D eigenvalue weighted by Gasteiger charge is 2.47. The van der Waals surface area contributed by atoms with E-state index in [2.05, 4.69) is 9.47 Å². The first kappa shape index (κ1) is 13.6. The van der Waals surface area contributed by atoms with Gasteiger partial charge in [-0.1, -0.05) is 13.8 Å². The first-order valence-electron chi connectivity index (χ1n) is 4.71. The van der Waals surface area contributed by atoms with Crippen molar-refractivity contribution in [1.29, 1.82) is 0 Å². The van der Waals surface area contributed by atoms with Crippen LogP contribution in [0, 0.1) is 5.41 Å². The highest BCUT2D eigenvalue weighted by Crippen LogP contribution is 2.29. The molecule has 5 nitrogen and oxygen atoms in total. The molecule has 0 aliphatic heterocycles. The summed E-state index contributed by atoms with van der Waals surface area (Å²) in [6.45, 7) is 3.31. The van der Waals surface area contributed by atoms with Gasteiger partial charge >= 0.3 is 11.9 Å². The highest BCUT2D eigenvalue weighted by molar-refractivity contribution is 6.39. The Bertz CT molecular complexity index is 265. The second-order valence-electron chi connectivity index (χ2n) is 3.10. The van der Waals surface area contributed by atoms with E-state index < -0.39 is 23.1 Å². The zero-order valence-corrected chi connectivity index (χ0v) is 9.46. The molecule has 0 aromatic rings. The molecule has 0 saturated heterocycles. The van der Waals surface area contributed by atoms with Crippen LogP contribution in [0.25, 0.3) is 0 Å². The Morgan fingerprint density at radius 1 is 1.00 bits per heavy atom. The Morgan fingerprint density at radius 2 is 1.47 bits per heavy atom. The van der Waals surface area contributed by atoms with Crippen molar-refractivity contribution in [3.8, 4) is 0 Å². The lowest BCUT2D eigenvalue weighted by Crippen LogP contribution is -2.43. The molecule has 0 unspecified atom stereocenters. The molecule has 86 valence electrons. The van der Waals surface area contributed by atoms with E-state index in [1.165, 1.54) is 7.11 Å². The number of carbonyl (C=O) groups is 3. The van der Waals surface area contributed by atoms with Crippen molar-refractivity contribution in [3.05, 3.63) is 0 Å². The van der Waals surface area contributed by atoms with Crippen molar-refractivity contribution in [2.24, 2.45) is 5.41 Å². The van der Waals surface area contributed by atoms with Crippen LogP contribution in [0.3, 0.4) is 0 Å². The largest absolute Gasteiger partial charge is 0.468 e. The molecular formula is C10H16O5. The molecule has 0 amide bonds. The summed E-state index contributed by atoms with van der Waals surface area (Å²) in [7, 11) is 2.29. The number of esters is 2. The fourth-order valence-electron chi connectivity index (χ4n) is 1.44. The summed E-state index contributed by atoms with van der Waals surface area (Å²) >= 11 is 0. The Kier molecular flexibility index (Phi) is 4.97. The molecular weight excluding hydrogens is 200 g/mol. The molecule has 0 spiro atoms. The molecule has 0 rings (SSSR count). The van der Waals surface area contributed by atoms with Crippen LogP contribution in [0.1, 0.15) is 26.7 Å². The molecule has 15 heavy (non-hydrogen) atoms. The molecule has 0 aromatic heterocycles. The van der Waals surface area contributed by atoms with Crippen molar-refractivity contribution in [2.45, 2.75) is 26.7 Å². The van der Waals surface area contributed by atoms with Crippen LogP contribution in [0.4, 0.5) is 0 Å². The summed E-state index contributed by atoms with van der Waals surface area (Å²) in [6, 6.07) is 0. The fraction of sp³-hybridized carbons (Fsp3) is 0.700. The molecule has 0 aromatic carbocycles. The Balaban J connectivity index is 5.18. The predicted molar refractivity (Wildman–Crippen MR) is 52.1 cm³/mol. The summed E-state index contributed by atoms with van der Waals surface area (Å²) < 4.78 is 8.87. The average Bonchev–Trinajstić information content (AvgIpc) is 2.29. The molecule has 5 heteroatoms. The quantitative estimate of drug-likeness (QED) is 0.384. The first-order chi connectivity index (χ1) is 6.99. The molecule has 0 atom stereocenters. The van der Waals surface area contributed by atoms with Gasteiger partial charge in [0.05, 0.1) is 14.2 Å². The van der Waals surface area contributed by atoms with Crippen molar-refractivity contribution in [3.63, 3.8) is 0 Å². The van der Waals surface area contributed by atoms with E-state index in [1.807, 2.05) is 0 Å². The van der Waals surface area contributed by atoms with Crippen LogP contribution in [-0.2, 0) is 23.9 Å². The fourth-order valence-corrected chi connectivity index (χ4v) is 1.44. The standard InChI is InChI=1S/C10H16O5/c1-5-10(6-2,9(13)15-4)7(11)8(12)14-3/h5-6H2,1-4H3. The van der Waals surface area contributed by atoms with Crippen LogP contribution in [-0.4, -0.2) is 31.9 Å². The highest BCUT2D eigenvalue weighted by atomic mass is 16.5. The van der Waals surface area contributed by atoms with Crippen LogP contribution < -0.4 is 0 Å². The number of methoxy groups -OCH3 is 2. The van der Waals surface area contributed by atoms with Crippen molar-refractivity contribution in [2.75, 3.05) is 14.2 Å². The van der Waals surface area contributed by atoms with Crippen LogP contribution in [0.5, 0.6) is 0 Å².